The molecular formula is C16H27N3O3. The van der Waals surface area contributed by atoms with Gasteiger partial charge in [0.1, 0.15) is 5.76 Å². The Morgan fingerprint density at radius 1 is 1.36 bits per heavy atom. The van der Waals surface area contributed by atoms with Crippen LogP contribution in [0.15, 0.2) is 10.6 Å². The number of aromatic nitrogens is 1. The molecule has 1 aromatic heterocycles. The van der Waals surface area contributed by atoms with Crippen LogP contribution in [0, 0.1) is 0 Å². The lowest BCUT2D eigenvalue weighted by atomic mass is 9.93. The molecule has 0 radical (unpaired) electrons. The number of piperazine rings is 1. The highest BCUT2D eigenvalue weighted by Crippen LogP contribution is 2.23. The van der Waals surface area contributed by atoms with Crippen molar-refractivity contribution in [2.45, 2.75) is 45.6 Å². The molecule has 1 aromatic rings. The molecule has 0 saturated carbocycles. The molecule has 6 nitrogen and oxygen atoms in total. The van der Waals surface area contributed by atoms with E-state index in [1.807, 2.05) is 25.7 Å². The van der Waals surface area contributed by atoms with Crippen LogP contribution >= 0.6 is 0 Å². The summed E-state index contributed by atoms with van der Waals surface area (Å²) in [4.78, 5) is 16.5. The lowest BCUT2D eigenvalue weighted by molar-refractivity contribution is 0.0465. The summed E-state index contributed by atoms with van der Waals surface area (Å²) in [6.07, 6.45) is 0.919. The third kappa shape index (κ3) is 3.67. The fourth-order valence-corrected chi connectivity index (χ4v) is 2.68. The van der Waals surface area contributed by atoms with E-state index in [1.165, 1.54) is 0 Å². The second-order valence-corrected chi connectivity index (χ2v) is 6.90. The summed E-state index contributed by atoms with van der Waals surface area (Å²) in [7, 11) is 0. The van der Waals surface area contributed by atoms with Gasteiger partial charge in [-0.2, -0.15) is 0 Å². The summed E-state index contributed by atoms with van der Waals surface area (Å²) < 4.78 is 5.29. The highest BCUT2D eigenvalue weighted by atomic mass is 16.5. The second kappa shape index (κ2) is 6.79. The Balaban J connectivity index is 1.96. The van der Waals surface area contributed by atoms with Crippen LogP contribution in [0.2, 0.25) is 0 Å². The third-order valence-electron chi connectivity index (χ3n) is 4.27. The zero-order chi connectivity index (χ0) is 16.3. The molecule has 1 fully saturated rings. The van der Waals surface area contributed by atoms with Gasteiger partial charge in [-0.15, -0.1) is 0 Å². The summed E-state index contributed by atoms with van der Waals surface area (Å²) in [5.74, 6) is 0.650. The Bertz CT molecular complexity index is 495. The predicted molar refractivity (Wildman–Crippen MR) is 83.8 cm³/mol. The zero-order valence-corrected chi connectivity index (χ0v) is 14.0. The molecule has 1 saturated heterocycles. The van der Waals surface area contributed by atoms with Crippen molar-refractivity contribution in [3.8, 4) is 0 Å². The molecule has 1 aliphatic heterocycles. The van der Waals surface area contributed by atoms with Crippen molar-refractivity contribution in [2.24, 2.45) is 0 Å². The molecule has 0 aromatic carbocycles. The van der Waals surface area contributed by atoms with Gasteiger partial charge < -0.3 is 14.5 Å². The van der Waals surface area contributed by atoms with E-state index < -0.39 is 0 Å². The van der Waals surface area contributed by atoms with Crippen LogP contribution in [-0.2, 0) is 5.41 Å². The molecule has 22 heavy (non-hydrogen) atoms. The Morgan fingerprint density at radius 3 is 2.45 bits per heavy atom. The van der Waals surface area contributed by atoms with Gasteiger partial charge in [0, 0.05) is 43.7 Å². The van der Waals surface area contributed by atoms with Crippen LogP contribution in [0.1, 0.15) is 50.4 Å². The van der Waals surface area contributed by atoms with E-state index in [0.29, 0.717) is 18.8 Å². The van der Waals surface area contributed by atoms with E-state index in [-0.39, 0.29) is 24.0 Å². The molecule has 0 spiro atoms. The highest BCUT2D eigenvalue weighted by molar-refractivity contribution is 5.92. The molecule has 6 heteroatoms. The van der Waals surface area contributed by atoms with Gasteiger partial charge >= 0.3 is 0 Å². The monoisotopic (exact) mass is 309 g/mol. The number of rotatable bonds is 4. The minimum atomic E-state index is -0.153. The Labute approximate surface area is 132 Å². The van der Waals surface area contributed by atoms with Gasteiger partial charge in [0.15, 0.2) is 5.69 Å². The van der Waals surface area contributed by atoms with Crippen molar-refractivity contribution >= 4 is 5.91 Å². The van der Waals surface area contributed by atoms with Crippen LogP contribution < -0.4 is 0 Å². The first-order valence-electron chi connectivity index (χ1n) is 7.98. The number of hydrogen-bond donors (Lipinski definition) is 1. The molecule has 0 aliphatic carbocycles. The Morgan fingerprint density at radius 2 is 2.00 bits per heavy atom. The summed E-state index contributed by atoms with van der Waals surface area (Å²) in [6, 6.07) is 1.94. The summed E-state index contributed by atoms with van der Waals surface area (Å²) in [5, 5.41) is 13.3. The topological polar surface area (TPSA) is 69.8 Å². The van der Waals surface area contributed by atoms with E-state index >= 15 is 0 Å². The lowest BCUT2D eigenvalue weighted by Gasteiger charge is -2.38. The van der Waals surface area contributed by atoms with Gasteiger partial charge in [-0.3, -0.25) is 9.69 Å². The molecule has 2 rings (SSSR count). The summed E-state index contributed by atoms with van der Waals surface area (Å²) in [6.45, 7) is 11.2. The maximum absolute atomic E-state index is 12.5. The van der Waals surface area contributed by atoms with E-state index in [1.54, 1.807) is 6.07 Å². The number of amides is 1. The molecule has 0 bridgehead atoms. The molecule has 124 valence electrons. The number of carbonyl (C=O) groups excluding carboxylic acids is 1. The van der Waals surface area contributed by atoms with Crippen molar-refractivity contribution in [1.29, 1.82) is 0 Å². The van der Waals surface area contributed by atoms with E-state index in [2.05, 4.69) is 17.0 Å². The fourth-order valence-electron chi connectivity index (χ4n) is 2.68. The largest absolute Gasteiger partial charge is 0.395 e. The minimum Gasteiger partial charge on any atom is -0.395 e. The van der Waals surface area contributed by atoms with Crippen molar-refractivity contribution in [3.63, 3.8) is 0 Å². The maximum Gasteiger partial charge on any atom is 0.276 e. The average Bonchev–Trinajstić information content (AvgIpc) is 2.98. The van der Waals surface area contributed by atoms with Crippen molar-refractivity contribution in [2.75, 3.05) is 32.8 Å². The fraction of sp³-hybridized carbons (Fsp3) is 0.750. The molecule has 1 amide bonds. The SMILES string of the molecule is CCC(CO)N1CCN(C(=O)c2cc(C(C)(C)C)on2)CC1. The number of aliphatic hydroxyl groups is 1. The number of aliphatic hydroxyl groups excluding tert-OH is 1. The van der Waals surface area contributed by atoms with Crippen molar-refractivity contribution in [1.82, 2.24) is 15.0 Å². The zero-order valence-electron chi connectivity index (χ0n) is 14.0. The first-order valence-corrected chi connectivity index (χ1v) is 7.98. The molecular weight excluding hydrogens is 282 g/mol. The molecule has 2 heterocycles. The normalized spacial score (nSPS) is 18.5. The molecule has 1 atom stereocenters. The number of nitrogens with zero attached hydrogens (tertiary/aromatic N) is 3. The summed E-state index contributed by atoms with van der Waals surface area (Å²) in [5.41, 5.74) is 0.229. The Kier molecular flexibility index (Phi) is 5.24. The van der Waals surface area contributed by atoms with Crippen LogP contribution in [0.5, 0.6) is 0 Å². The highest BCUT2D eigenvalue weighted by Gasteiger charge is 2.28. The third-order valence-corrected chi connectivity index (χ3v) is 4.27. The smallest absolute Gasteiger partial charge is 0.276 e. The van der Waals surface area contributed by atoms with E-state index in [4.69, 9.17) is 4.52 Å². The Hall–Kier alpha value is -1.40. The van der Waals surface area contributed by atoms with Crippen LogP contribution in [0.25, 0.3) is 0 Å². The molecule has 1 N–H and O–H groups in total. The van der Waals surface area contributed by atoms with Crippen LogP contribution in [0.3, 0.4) is 0 Å². The first kappa shape index (κ1) is 17.0. The van der Waals surface area contributed by atoms with Gasteiger partial charge in [0.05, 0.1) is 6.61 Å². The molecule has 1 aliphatic rings. The average molecular weight is 309 g/mol. The first-order chi connectivity index (χ1) is 10.4. The van der Waals surface area contributed by atoms with Crippen molar-refractivity contribution in [3.05, 3.63) is 17.5 Å². The maximum atomic E-state index is 12.5. The van der Waals surface area contributed by atoms with Gasteiger partial charge in [-0.1, -0.05) is 32.9 Å². The van der Waals surface area contributed by atoms with Crippen LogP contribution in [-0.4, -0.2) is 64.8 Å². The predicted octanol–water partition coefficient (Wildman–Crippen LogP) is 1.50. The number of carbonyl (C=O) groups is 1. The van der Waals surface area contributed by atoms with Gasteiger partial charge in [-0.25, -0.2) is 0 Å². The van der Waals surface area contributed by atoms with E-state index in [9.17, 15) is 9.90 Å². The van der Waals surface area contributed by atoms with Gasteiger partial charge in [0.2, 0.25) is 0 Å². The lowest BCUT2D eigenvalue weighted by Crippen LogP contribution is -2.52. The van der Waals surface area contributed by atoms with Gasteiger partial charge in [-0.05, 0) is 6.42 Å². The standard InChI is InChI=1S/C16H27N3O3/c1-5-12(11-20)18-6-8-19(9-7-18)15(21)13-10-14(22-17-13)16(2,3)4/h10,12,20H,5-9,11H2,1-4H3. The minimum absolute atomic E-state index is 0.0732. The summed E-state index contributed by atoms with van der Waals surface area (Å²) >= 11 is 0. The second-order valence-electron chi connectivity index (χ2n) is 6.90. The van der Waals surface area contributed by atoms with E-state index in [0.717, 1.165) is 25.3 Å². The molecule has 1 unspecified atom stereocenters. The van der Waals surface area contributed by atoms with Gasteiger partial charge in [0.25, 0.3) is 5.91 Å². The van der Waals surface area contributed by atoms with Crippen LogP contribution in [0.4, 0.5) is 0 Å². The van der Waals surface area contributed by atoms with Crippen molar-refractivity contribution < 1.29 is 14.4 Å². The number of hydrogen-bond acceptors (Lipinski definition) is 5. The quantitative estimate of drug-likeness (QED) is 0.913.